The van der Waals surface area contributed by atoms with E-state index in [0.29, 0.717) is 18.8 Å². The fourth-order valence-corrected chi connectivity index (χ4v) is 4.62. The quantitative estimate of drug-likeness (QED) is 0.607. The maximum absolute atomic E-state index is 12.8. The summed E-state index contributed by atoms with van der Waals surface area (Å²) in [5.74, 6) is -0.368. The van der Waals surface area contributed by atoms with Crippen LogP contribution in [-0.2, 0) is 15.0 Å². The Morgan fingerprint density at radius 1 is 1.13 bits per heavy atom. The molecule has 0 bridgehead atoms. The van der Waals surface area contributed by atoms with Gasteiger partial charge in [0, 0.05) is 11.5 Å². The molecule has 1 aliphatic heterocycles. The van der Waals surface area contributed by atoms with Crippen molar-refractivity contribution in [3.05, 3.63) is 35.4 Å². The number of hydrazine groups is 1. The van der Waals surface area contributed by atoms with Crippen molar-refractivity contribution < 1.29 is 19.7 Å². The van der Waals surface area contributed by atoms with Crippen LogP contribution in [0.25, 0.3) is 0 Å². The number of benzene rings is 1. The lowest BCUT2D eigenvalue weighted by Gasteiger charge is -2.30. The lowest BCUT2D eigenvalue weighted by atomic mass is 9.82. The monoisotopic (exact) mass is 429 g/mol. The Kier molecular flexibility index (Phi) is 6.74. The molecule has 1 heterocycles. The molecule has 1 saturated heterocycles. The van der Waals surface area contributed by atoms with E-state index in [1.54, 1.807) is 0 Å². The van der Waals surface area contributed by atoms with Crippen LogP contribution < -0.4 is 16.1 Å². The van der Waals surface area contributed by atoms with E-state index in [0.717, 1.165) is 29.8 Å². The molecule has 1 aliphatic carbocycles. The van der Waals surface area contributed by atoms with Gasteiger partial charge >= 0.3 is 6.03 Å². The van der Waals surface area contributed by atoms with Gasteiger partial charge in [-0.05, 0) is 23.8 Å². The first kappa shape index (κ1) is 23.3. The molecular formula is C24H37N4O3+. The van der Waals surface area contributed by atoms with Crippen LogP contribution in [0.1, 0.15) is 83.9 Å². The van der Waals surface area contributed by atoms with Crippen molar-refractivity contribution in [3.8, 4) is 0 Å². The zero-order chi connectivity index (χ0) is 22.8. The molecule has 3 rings (SSSR count). The zero-order valence-corrected chi connectivity index (χ0v) is 19.5. The van der Waals surface area contributed by atoms with E-state index >= 15 is 0 Å². The summed E-state index contributed by atoms with van der Waals surface area (Å²) in [7, 11) is 0. The Bertz CT molecular complexity index is 820. The number of amides is 4. The van der Waals surface area contributed by atoms with Gasteiger partial charge in [0.2, 0.25) is 0 Å². The number of hydrogen-bond donors (Lipinski definition) is 3. The van der Waals surface area contributed by atoms with Crippen molar-refractivity contribution in [2.24, 2.45) is 5.92 Å². The molecule has 0 aromatic heterocycles. The third-order valence-electron chi connectivity index (χ3n) is 6.54. The van der Waals surface area contributed by atoms with Gasteiger partial charge in [-0.2, -0.15) is 5.01 Å². The van der Waals surface area contributed by atoms with Gasteiger partial charge in [-0.15, -0.1) is 0 Å². The molecule has 1 aromatic carbocycles. The maximum atomic E-state index is 12.8. The maximum Gasteiger partial charge on any atom is 0.344 e. The largest absolute Gasteiger partial charge is 0.344 e. The molecule has 7 heteroatoms. The van der Waals surface area contributed by atoms with E-state index in [2.05, 4.69) is 69.6 Å². The third kappa shape index (κ3) is 5.09. The Balaban J connectivity index is 1.60. The van der Waals surface area contributed by atoms with E-state index in [1.807, 2.05) is 5.32 Å². The molecule has 0 radical (unpaired) electrons. The molecule has 2 aliphatic rings. The summed E-state index contributed by atoms with van der Waals surface area (Å²) in [4.78, 5) is 37.8. The number of urea groups is 1. The van der Waals surface area contributed by atoms with Gasteiger partial charge in [0.1, 0.15) is 11.6 Å². The second-order valence-electron chi connectivity index (χ2n) is 10.3. The van der Waals surface area contributed by atoms with Gasteiger partial charge < -0.3 is 10.6 Å². The first-order valence-corrected chi connectivity index (χ1v) is 11.4. The van der Waals surface area contributed by atoms with Crippen LogP contribution in [0.5, 0.6) is 0 Å². The number of carbonyl (C=O) groups is 3. The highest BCUT2D eigenvalue weighted by Gasteiger charge is 2.52. The van der Waals surface area contributed by atoms with Crippen LogP contribution in [0.3, 0.4) is 0 Å². The lowest BCUT2D eigenvalue weighted by Crippen LogP contribution is -2.88. The topological polar surface area (TPSA) is 95.1 Å². The van der Waals surface area contributed by atoms with Crippen molar-refractivity contribution >= 4 is 17.8 Å². The normalized spacial score (nSPS) is 19.6. The van der Waals surface area contributed by atoms with E-state index in [9.17, 15) is 14.4 Å². The number of nitrogens with one attached hydrogen (secondary N) is 2. The minimum Gasteiger partial charge on any atom is -0.332 e. The van der Waals surface area contributed by atoms with Crippen molar-refractivity contribution in [2.75, 3.05) is 6.54 Å². The number of nitrogens with two attached hydrogens (primary N) is 1. The average molecular weight is 430 g/mol. The SMILES string of the molecule is CC(C)[C@H]([NH2+]CC(=O)NN1C(=O)NC2(CCCCC2)C1=O)c1ccc(C(C)(C)C)cc1. The van der Waals surface area contributed by atoms with Crippen LogP contribution in [0, 0.1) is 5.92 Å². The highest BCUT2D eigenvalue weighted by molar-refractivity contribution is 6.08. The van der Waals surface area contributed by atoms with Crippen LogP contribution in [-0.4, -0.2) is 34.9 Å². The molecule has 2 fully saturated rings. The second kappa shape index (κ2) is 8.99. The first-order valence-electron chi connectivity index (χ1n) is 11.4. The number of imide groups is 1. The third-order valence-corrected chi connectivity index (χ3v) is 6.54. The minimum atomic E-state index is -0.832. The Labute approximate surface area is 185 Å². The van der Waals surface area contributed by atoms with Gasteiger partial charge in [-0.1, -0.05) is 78.1 Å². The van der Waals surface area contributed by atoms with Crippen molar-refractivity contribution in [1.29, 1.82) is 0 Å². The van der Waals surface area contributed by atoms with E-state index in [1.165, 1.54) is 5.56 Å². The molecule has 1 aromatic rings. The van der Waals surface area contributed by atoms with E-state index in [4.69, 9.17) is 0 Å². The molecule has 1 atom stereocenters. The summed E-state index contributed by atoms with van der Waals surface area (Å²) in [5.41, 5.74) is 4.22. The Hall–Kier alpha value is -2.41. The van der Waals surface area contributed by atoms with Crippen LogP contribution in [0.4, 0.5) is 4.79 Å². The Morgan fingerprint density at radius 2 is 1.74 bits per heavy atom. The minimum absolute atomic E-state index is 0.0913. The number of nitrogens with zero attached hydrogens (tertiary/aromatic N) is 1. The summed E-state index contributed by atoms with van der Waals surface area (Å²) in [5, 5.41) is 5.67. The van der Waals surface area contributed by atoms with Crippen molar-refractivity contribution in [2.45, 2.75) is 83.7 Å². The predicted molar refractivity (Wildman–Crippen MR) is 119 cm³/mol. The molecule has 4 N–H and O–H groups in total. The number of quaternary nitrogens is 1. The number of carbonyl (C=O) groups excluding carboxylic acids is 3. The molecule has 0 unspecified atom stereocenters. The second-order valence-corrected chi connectivity index (χ2v) is 10.3. The standard InChI is InChI=1S/C24H36N4O3/c1-16(2)20(17-9-11-18(12-10-17)23(3,4)5)25-15-19(29)27-28-21(30)24(26-22(28)31)13-7-6-8-14-24/h9-12,16,20,25H,6-8,13-15H2,1-5H3,(H,26,31)(H,27,29)/p+1/t20-/m0/s1. The highest BCUT2D eigenvalue weighted by Crippen LogP contribution is 2.33. The molecule has 4 amide bonds. The van der Waals surface area contributed by atoms with Gasteiger partial charge in [0.05, 0.1) is 0 Å². The highest BCUT2D eigenvalue weighted by atomic mass is 16.2. The van der Waals surface area contributed by atoms with Crippen LogP contribution in [0.15, 0.2) is 24.3 Å². The smallest absolute Gasteiger partial charge is 0.332 e. The summed E-state index contributed by atoms with van der Waals surface area (Å²) in [6.07, 6.45) is 4.16. The summed E-state index contributed by atoms with van der Waals surface area (Å²) in [6.45, 7) is 10.9. The van der Waals surface area contributed by atoms with Crippen molar-refractivity contribution in [1.82, 2.24) is 15.8 Å². The van der Waals surface area contributed by atoms with Gasteiger partial charge in [-0.3, -0.25) is 15.0 Å². The summed E-state index contributed by atoms with van der Waals surface area (Å²) < 4.78 is 0. The van der Waals surface area contributed by atoms with Crippen molar-refractivity contribution in [3.63, 3.8) is 0 Å². The predicted octanol–water partition coefficient (Wildman–Crippen LogP) is 2.53. The zero-order valence-electron chi connectivity index (χ0n) is 19.5. The fourth-order valence-electron chi connectivity index (χ4n) is 4.62. The molecule has 7 nitrogen and oxygen atoms in total. The van der Waals surface area contributed by atoms with Crippen LogP contribution >= 0.6 is 0 Å². The fraction of sp³-hybridized carbons (Fsp3) is 0.625. The number of hydrogen-bond acceptors (Lipinski definition) is 3. The lowest BCUT2D eigenvalue weighted by molar-refractivity contribution is -0.692. The molecule has 1 saturated carbocycles. The molecule has 170 valence electrons. The summed E-state index contributed by atoms with van der Waals surface area (Å²) >= 11 is 0. The Morgan fingerprint density at radius 3 is 2.29 bits per heavy atom. The summed E-state index contributed by atoms with van der Waals surface area (Å²) in [6, 6.07) is 8.13. The van der Waals surface area contributed by atoms with Gasteiger partial charge in [0.15, 0.2) is 6.54 Å². The van der Waals surface area contributed by atoms with Gasteiger partial charge in [0.25, 0.3) is 11.8 Å². The van der Waals surface area contributed by atoms with Crippen LogP contribution in [0.2, 0.25) is 0 Å². The number of rotatable bonds is 6. The van der Waals surface area contributed by atoms with E-state index < -0.39 is 11.6 Å². The molecule has 31 heavy (non-hydrogen) atoms. The average Bonchev–Trinajstić information content (AvgIpc) is 2.92. The molecule has 1 spiro atoms. The van der Waals surface area contributed by atoms with E-state index in [-0.39, 0.29) is 29.8 Å². The molecular weight excluding hydrogens is 392 g/mol. The van der Waals surface area contributed by atoms with Gasteiger partial charge in [-0.25, -0.2) is 4.79 Å². The first-order chi connectivity index (χ1) is 14.5.